The maximum Gasteiger partial charge on any atom is 0.0146 e. The highest BCUT2D eigenvalue weighted by Gasteiger charge is 2.38. The third kappa shape index (κ3) is 2.50. The van der Waals surface area contributed by atoms with Gasteiger partial charge >= 0.3 is 0 Å². The van der Waals surface area contributed by atoms with Crippen LogP contribution < -0.4 is 5.32 Å². The summed E-state index contributed by atoms with van der Waals surface area (Å²) in [5.41, 5.74) is 0.575. The van der Waals surface area contributed by atoms with Crippen molar-refractivity contribution in [1.29, 1.82) is 0 Å². The predicted octanol–water partition coefficient (Wildman–Crippen LogP) is 3.59. The van der Waals surface area contributed by atoms with Gasteiger partial charge in [-0.2, -0.15) is 0 Å². The van der Waals surface area contributed by atoms with E-state index in [0.29, 0.717) is 5.41 Å². The summed E-state index contributed by atoms with van der Waals surface area (Å²) in [5.74, 6) is 0.818. The molecule has 1 saturated carbocycles. The highest BCUT2D eigenvalue weighted by atomic mass is 14.9. The molecule has 0 saturated heterocycles. The lowest BCUT2D eigenvalue weighted by Gasteiger charge is -2.38. The molecule has 0 aliphatic heterocycles. The van der Waals surface area contributed by atoms with Crippen LogP contribution in [0.1, 0.15) is 59.8 Å². The van der Waals surface area contributed by atoms with Crippen molar-refractivity contribution in [3.8, 4) is 0 Å². The molecule has 0 aromatic carbocycles. The van der Waals surface area contributed by atoms with Crippen molar-refractivity contribution >= 4 is 0 Å². The molecule has 0 heterocycles. The van der Waals surface area contributed by atoms with Crippen LogP contribution in [0.4, 0.5) is 0 Å². The van der Waals surface area contributed by atoms with Crippen LogP contribution in [0.2, 0.25) is 0 Å². The van der Waals surface area contributed by atoms with Gasteiger partial charge in [0.25, 0.3) is 0 Å². The molecule has 84 valence electrons. The summed E-state index contributed by atoms with van der Waals surface area (Å²) in [4.78, 5) is 0. The lowest BCUT2D eigenvalue weighted by molar-refractivity contribution is 0.165. The van der Waals surface area contributed by atoms with Gasteiger partial charge in [0.15, 0.2) is 0 Å². The van der Waals surface area contributed by atoms with E-state index in [9.17, 15) is 0 Å². The molecule has 14 heavy (non-hydrogen) atoms. The Kier molecular flexibility index (Phi) is 4.43. The Morgan fingerprint density at radius 2 is 1.79 bits per heavy atom. The number of hydrogen-bond donors (Lipinski definition) is 1. The quantitative estimate of drug-likeness (QED) is 0.710. The average molecular weight is 197 g/mol. The molecule has 1 aliphatic carbocycles. The molecule has 1 fully saturated rings. The SMILES string of the molecule is CCNC(C(C)CC)C1(C)CCCC1. The van der Waals surface area contributed by atoms with Gasteiger partial charge in [-0.25, -0.2) is 0 Å². The highest BCUT2D eigenvalue weighted by molar-refractivity contribution is 4.93. The first-order valence-electron chi connectivity index (χ1n) is 6.37. The minimum absolute atomic E-state index is 0.575. The van der Waals surface area contributed by atoms with Crippen molar-refractivity contribution in [3.05, 3.63) is 0 Å². The summed E-state index contributed by atoms with van der Waals surface area (Å²) >= 11 is 0. The van der Waals surface area contributed by atoms with Crippen LogP contribution in [0.3, 0.4) is 0 Å². The van der Waals surface area contributed by atoms with E-state index in [4.69, 9.17) is 0 Å². The lowest BCUT2D eigenvalue weighted by atomic mass is 9.74. The smallest absolute Gasteiger partial charge is 0.0146 e. The van der Waals surface area contributed by atoms with Gasteiger partial charge < -0.3 is 5.32 Å². The van der Waals surface area contributed by atoms with Crippen LogP contribution in [0.15, 0.2) is 0 Å². The first-order valence-corrected chi connectivity index (χ1v) is 6.37. The fourth-order valence-corrected chi connectivity index (χ4v) is 3.08. The van der Waals surface area contributed by atoms with Crippen LogP contribution in [0.5, 0.6) is 0 Å². The number of nitrogens with one attached hydrogen (secondary N) is 1. The average Bonchev–Trinajstić information content (AvgIpc) is 2.61. The van der Waals surface area contributed by atoms with Gasteiger partial charge in [-0.15, -0.1) is 0 Å². The molecule has 0 amide bonds. The topological polar surface area (TPSA) is 12.0 Å². The monoisotopic (exact) mass is 197 g/mol. The van der Waals surface area contributed by atoms with Gasteiger partial charge in [-0.3, -0.25) is 0 Å². The van der Waals surface area contributed by atoms with E-state index in [0.717, 1.165) is 18.5 Å². The zero-order valence-corrected chi connectivity index (χ0v) is 10.4. The summed E-state index contributed by atoms with van der Waals surface area (Å²) < 4.78 is 0. The van der Waals surface area contributed by atoms with Crippen molar-refractivity contribution in [2.24, 2.45) is 11.3 Å². The summed E-state index contributed by atoms with van der Waals surface area (Å²) in [5, 5.41) is 3.72. The van der Waals surface area contributed by atoms with Gasteiger partial charge in [-0.05, 0) is 30.7 Å². The Bertz CT molecular complexity index is 159. The molecule has 0 spiro atoms. The Morgan fingerprint density at radius 1 is 1.21 bits per heavy atom. The van der Waals surface area contributed by atoms with Gasteiger partial charge in [0, 0.05) is 6.04 Å². The molecule has 1 rings (SSSR count). The first kappa shape index (κ1) is 12.0. The summed E-state index contributed by atoms with van der Waals surface area (Å²) in [6.45, 7) is 10.5. The van der Waals surface area contributed by atoms with E-state index >= 15 is 0 Å². The van der Waals surface area contributed by atoms with Crippen molar-refractivity contribution in [3.63, 3.8) is 0 Å². The van der Waals surface area contributed by atoms with Crippen molar-refractivity contribution in [2.45, 2.75) is 65.8 Å². The number of hydrogen-bond acceptors (Lipinski definition) is 1. The molecular formula is C13H27N. The van der Waals surface area contributed by atoms with E-state index in [-0.39, 0.29) is 0 Å². The molecule has 0 aromatic heterocycles. The van der Waals surface area contributed by atoms with Gasteiger partial charge in [0.2, 0.25) is 0 Å². The van der Waals surface area contributed by atoms with E-state index in [2.05, 4.69) is 33.0 Å². The van der Waals surface area contributed by atoms with Crippen LogP contribution in [0, 0.1) is 11.3 Å². The van der Waals surface area contributed by atoms with Crippen LogP contribution >= 0.6 is 0 Å². The van der Waals surface area contributed by atoms with Crippen LogP contribution in [0.25, 0.3) is 0 Å². The molecule has 2 unspecified atom stereocenters. The highest BCUT2D eigenvalue weighted by Crippen LogP contribution is 2.43. The normalized spacial score (nSPS) is 24.9. The molecule has 1 heteroatoms. The maximum absolute atomic E-state index is 3.72. The van der Waals surface area contributed by atoms with Crippen molar-refractivity contribution < 1.29 is 0 Å². The Labute approximate surface area is 89.7 Å². The Hall–Kier alpha value is -0.0400. The van der Waals surface area contributed by atoms with Gasteiger partial charge in [-0.1, -0.05) is 47.0 Å². The second-order valence-electron chi connectivity index (χ2n) is 5.28. The van der Waals surface area contributed by atoms with E-state index < -0.39 is 0 Å². The van der Waals surface area contributed by atoms with Crippen molar-refractivity contribution in [2.75, 3.05) is 6.54 Å². The molecular weight excluding hydrogens is 170 g/mol. The fraction of sp³-hybridized carbons (Fsp3) is 1.00. The van der Waals surface area contributed by atoms with Gasteiger partial charge in [0.05, 0.1) is 0 Å². The zero-order valence-electron chi connectivity index (χ0n) is 10.4. The molecule has 0 aromatic rings. The summed E-state index contributed by atoms with van der Waals surface area (Å²) in [7, 11) is 0. The Morgan fingerprint density at radius 3 is 2.21 bits per heavy atom. The maximum atomic E-state index is 3.72. The zero-order chi connectivity index (χ0) is 10.6. The van der Waals surface area contributed by atoms with Crippen molar-refractivity contribution in [1.82, 2.24) is 5.32 Å². The second kappa shape index (κ2) is 5.16. The Balaban J connectivity index is 2.64. The second-order valence-corrected chi connectivity index (χ2v) is 5.28. The molecule has 1 N–H and O–H groups in total. The molecule has 2 atom stereocenters. The summed E-state index contributed by atoms with van der Waals surface area (Å²) in [6.07, 6.45) is 7.03. The van der Waals surface area contributed by atoms with Crippen LogP contribution in [-0.4, -0.2) is 12.6 Å². The third-order valence-corrected chi connectivity index (χ3v) is 4.13. The molecule has 0 bridgehead atoms. The van der Waals surface area contributed by atoms with E-state index in [1.807, 2.05) is 0 Å². The van der Waals surface area contributed by atoms with E-state index in [1.165, 1.54) is 32.1 Å². The summed E-state index contributed by atoms with van der Waals surface area (Å²) in [6, 6.07) is 0.736. The molecule has 0 radical (unpaired) electrons. The number of rotatable bonds is 5. The minimum atomic E-state index is 0.575. The van der Waals surface area contributed by atoms with Crippen LogP contribution in [-0.2, 0) is 0 Å². The van der Waals surface area contributed by atoms with E-state index in [1.54, 1.807) is 0 Å². The third-order valence-electron chi connectivity index (χ3n) is 4.13. The minimum Gasteiger partial charge on any atom is -0.313 e. The molecule has 1 aliphatic rings. The first-order chi connectivity index (χ1) is 6.64. The van der Waals surface area contributed by atoms with Gasteiger partial charge in [0.1, 0.15) is 0 Å². The lowest BCUT2D eigenvalue weighted by Crippen LogP contribution is -2.46. The standard InChI is InChI=1S/C13H27N/c1-5-11(3)12(14-6-2)13(4)9-7-8-10-13/h11-12,14H,5-10H2,1-4H3. The molecule has 1 nitrogen and oxygen atoms in total. The largest absolute Gasteiger partial charge is 0.313 e. The predicted molar refractivity (Wildman–Crippen MR) is 63.5 cm³/mol. The fourth-order valence-electron chi connectivity index (χ4n) is 3.08.